The highest BCUT2D eigenvalue weighted by Gasteiger charge is 2.32. The van der Waals surface area contributed by atoms with E-state index in [0.717, 1.165) is 18.4 Å². The molecule has 1 saturated carbocycles. The van der Waals surface area contributed by atoms with Gasteiger partial charge in [-0.05, 0) is 60.7 Å². The normalized spacial score (nSPS) is 13.5. The van der Waals surface area contributed by atoms with Crippen molar-refractivity contribution >= 4 is 27.6 Å². The Morgan fingerprint density at radius 3 is 2.30 bits per heavy atom. The van der Waals surface area contributed by atoms with Crippen molar-refractivity contribution in [3.05, 3.63) is 48.0 Å². The second-order valence-corrected chi connectivity index (χ2v) is 10.1. The molecule has 0 aromatic heterocycles. The van der Waals surface area contributed by atoms with Crippen LogP contribution in [-0.2, 0) is 26.3 Å². The molecule has 1 aliphatic rings. The van der Waals surface area contributed by atoms with Crippen LogP contribution in [0.1, 0.15) is 45.6 Å². The van der Waals surface area contributed by atoms with E-state index in [9.17, 15) is 18.0 Å². The summed E-state index contributed by atoms with van der Waals surface area (Å²) in [6.07, 6.45) is 2.43. The van der Waals surface area contributed by atoms with E-state index in [1.807, 2.05) is 18.7 Å². The van der Waals surface area contributed by atoms with Crippen molar-refractivity contribution in [2.45, 2.75) is 57.5 Å². The zero-order chi connectivity index (χ0) is 24.2. The Labute approximate surface area is 195 Å². The molecule has 2 amide bonds. The molecule has 2 aromatic carbocycles. The van der Waals surface area contributed by atoms with Gasteiger partial charge in [0.2, 0.25) is 11.8 Å². The smallest absolute Gasteiger partial charge is 0.339 e. The predicted molar refractivity (Wildman–Crippen MR) is 125 cm³/mol. The van der Waals surface area contributed by atoms with Gasteiger partial charge in [0.05, 0.1) is 7.11 Å². The average Bonchev–Trinajstić information content (AvgIpc) is 3.56. The molecule has 1 N–H and O–H groups in total. The third kappa shape index (κ3) is 6.71. The van der Waals surface area contributed by atoms with E-state index >= 15 is 0 Å². The summed E-state index contributed by atoms with van der Waals surface area (Å²) in [5.74, 6) is 0.417. The summed E-state index contributed by atoms with van der Waals surface area (Å²) in [7, 11) is -2.72. The molecule has 9 heteroatoms. The minimum Gasteiger partial charge on any atom is -0.493 e. The Kier molecular flexibility index (Phi) is 7.63. The summed E-state index contributed by atoms with van der Waals surface area (Å²) in [5.41, 5.74) is 1.23. The summed E-state index contributed by atoms with van der Waals surface area (Å²) in [6.45, 7) is 5.77. The van der Waals surface area contributed by atoms with Crippen molar-refractivity contribution in [2.75, 3.05) is 12.4 Å². The maximum absolute atomic E-state index is 12.9. The number of benzene rings is 2. The van der Waals surface area contributed by atoms with E-state index in [0.29, 0.717) is 18.7 Å². The van der Waals surface area contributed by atoms with Crippen molar-refractivity contribution in [2.24, 2.45) is 5.92 Å². The van der Waals surface area contributed by atoms with Crippen molar-refractivity contribution in [3.8, 4) is 11.5 Å². The molecule has 0 heterocycles. The van der Waals surface area contributed by atoms with Crippen molar-refractivity contribution in [1.29, 1.82) is 0 Å². The van der Waals surface area contributed by atoms with Gasteiger partial charge in [0.25, 0.3) is 0 Å². The van der Waals surface area contributed by atoms with Crippen LogP contribution in [0.15, 0.2) is 47.4 Å². The molecule has 1 aliphatic carbocycles. The van der Waals surface area contributed by atoms with Crippen LogP contribution in [0.4, 0.5) is 5.69 Å². The largest absolute Gasteiger partial charge is 0.493 e. The van der Waals surface area contributed by atoms with Gasteiger partial charge in [-0.3, -0.25) is 9.59 Å². The first-order valence-corrected chi connectivity index (χ1v) is 12.3. The summed E-state index contributed by atoms with van der Waals surface area (Å²) in [4.78, 5) is 25.7. The number of carbonyl (C=O) groups is 2. The van der Waals surface area contributed by atoms with Crippen LogP contribution in [0, 0.1) is 5.92 Å². The Hall–Kier alpha value is -3.07. The number of amides is 2. The van der Waals surface area contributed by atoms with Crippen LogP contribution >= 0.6 is 0 Å². The van der Waals surface area contributed by atoms with Crippen molar-refractivity contribution in [1.82, 2.24) is 4.90 Å². The first-order chi connectivity index (χ1) is 15.6. The maximum Gasteiger partial charge on any atom is 0.339 e. The van der Waals surface area contributed by atoms with Crippen LogP contribution in [0.25, 0.3) is 0 Å². The number of anilines is 1. The van der Waals surface area contributed by atoms with E-state index < -0.39 is 10.1 Å². The number of methoxy groups -OCH3 is 1. The molecule has 33 heavy (non-hydrogen) atoms. The number of ether oxygens (including phenoxy) is 1. The molecule has 8 nitrogen and oxygen atoms in total. The highest BCUT2D eigenvalue weighted by atomic mass is 32.2. The van der Waals surface area contributed by atoms with Crippen LogP contribution in [0.3, 0.4) is 0 Å². The SMILES string of the molecule is COc1ccc(CN(C(=O)CC(C)C)C2CC2)cc1OS(=O)(=O)c1ccc(NC(C)=O)cc1. The molecule has 0 spiro atoms. The van der Waals surface area contributed by atoms with Gasteiger partial charge in [-0.1, -0.05) is 19.9 Å². The van der Waals surface area contributed by atoms with Gasteiger partial charge in [0, 0.05) is 31.6 Å². The fraction of sp³-hybridized carbons (Fsp3) is 0.417. The zero-order valence-electron chi connectivity index (χ0n) is 19.3. The van der Waals surface area contributed by atoms with Crippen LogP contribution < -0.4 is 14.2 Å². The second kappa shape index (κ2) is 10.2. The standard InChI is InChI=1S/C24H30N2O6S/c1-16(2)13-24(28)26(20-8-9-20)15-18-5-12-22(31-4)23(14-18)32-33(29,30)21-10-6-19(7-11-21)25-17(3)27/h5-7,10-12,14,16,20H,8-9,13,15H2,1-4H3,(H,25,27). The van der Waals surface area contributed by atoms with Gasteiger partial charge in [-0.25, -0.2) is 0 Å². The highest BCUT2D eigenvalue weighted by Crippen LogP contribution is 2.34. The number of nitrogens with one attached hydrogen (secondary N) is 1. The fourth-order valence-corrected chi connectivity index (χ4v) is 4.36. The minimum absolute atomic E-state index is 0.0491. The third-order valence-corrected chi connectivity index (χ3v) is 6.38. The van der Waals surface area contributed by atoms with Gasteiger partial charge in [0.15, 0.2) is 11.5 Å². The first kappa shape index (κ1) is 24.6. The number of hydrogen-bond donors (Lipinski definition) is 1. The Bertz CT molecular complexity index is 1110. The number of nitrogens with zero attached hydrogens (tertiary/aromatic N) is 1. The molecule has 3 rings (SSSR count). The summed E-state index contributed by atoms with van der Waals surface area (Å²) < 4.78 is 36.4. The molecule has 0 atom stereocenters. The lowest BCUT2D eigenvalue weighted by Gasteiger charge is -2.24. The minimum atomic E-state index is -4.15. The molecule has 178 valence electrons. The quantitative estimate of drug-likeness (QED) is 0.523. The second-order valence-electron chi connectivity index (χ2n) is 8.58. The number of hydrogen-bond acceptors (Lipinski definition) is 6. The van der Waals surface area contributed by atoms with Gasteiger partial charge in [-0.2, -0.15) is 8.42 Å². The monoisotopic (exact) mass is 474 g/mol. The van der Waals surface area contributed by atoms with Gasteiger partial charge >= 0.3 is 10.1 Å². The molecule has 0 saturated heterocycles. The Morgan fingerprint density at radius 1 is 1.09 bits per heavy atom. The van der Waals surface area contributed by atoms with Gasteiger partial charge in [-0.15, -0.1) is 0 Å². The summed E-state index contributed by atoms with van der Waals surface area (Å²) in [6, 6.07) is 11.0. The Morgan fingerprint density at radius 2 is 1.76 bits per heavy atom. The fourth-order valence-electron chi connectivity index (χ4n) is 3.43. The van der Waals surface area contributed by atoms with E-state index in [2.05, 4.69) is 5.32 Å². The van der Waals surface area contributed by atoms with Gasteiger partial charge < -0.3 is 19.1 Å². The Balaban J connectivity index is 1.81. The van der Waals surface area contributed by atoms with E-state index in [1.165, 1.54) is 38.3 Å². The van der Waals surface area contributed by atoms with Crippen molar-refractivity contribution < 1.29 is 26.9 Å². The third-order valence-electron chi connectivity index (χ3n) is 5.13. The molecule has 2 aromatic rings. The molecule has 0 bridgehead atoms. The van der Waals surface area contributed by atoms with E-state index in [-0.39, 0.29) is 40.2 Å². The summed E-state index contributed by atoms with van der Waals surface area (Å²) in [5, 5.41) is 2.59. The molecular weight excluding hydrogens is 444 g/mol. The molecule has 0 radical (unpaired) electrons. The lowest BCUT2D eigenvalue weighted by Crippen LogP contribution is -2.33. The molecule has 0 unspecified atom stereocenters. The number of carbonyl (C=O) groups excluding carboxylic acids is 2. The van der Waals surface area contributed by atoms with E-state index in [4.69, 9.17) is 8.92 Å². The lowest BCUT2D eigenvalue weighted by molar-refractivity contribution is -0.133. The topological polar surface area (TPSA) is 102 Å². The number of rotatable bonds is 10. The van der Waals surface area contributed by atoms with Crippen LogP contribution in [-0.4, -0.2) is 38.3 Å². The van der Waals surface area contributed by atoms with Gasteiger partial charge in [0.1, 0.15) is 4.90 Å². The maximum atomic E-state index is 12.9. The van der Waals surface area contributed by atoms with E-state index in [1.54, 1.807) is 18.2 Å². The van der Waals surface area contributed by atoms with Crippen LogP contribution in [0.2, 0.25) is 0 Å². The zero-order valence-corrected chi connectivity index (χ0v) is 20.1. The van der Waals surface area contributed by atoms with Crippen LogP contribution in [0.5, 0.6) is 11.5 Å². The lowest BCUT2D eigenvalue weighted by atomic mass is 10.1. The molecule has 0 aliphatic heterocycles. The molecule has 1 fully saturated rings. The average molecular weight is 475 g/mol. The van der Waals surface area contributed by atoms with Crippen molar-refractivity contribution in [3.63, 3.8) is 0 Å². The summed E-state index contributed by atoms with van der Waals surface area (Å²) >= 11 is 0. The molecular formula is C24H30N2O6S. The highest BCUT2D eigenvalue weighted by molar-refractivity contribution is 7.87. The first-order valence-electron chi connectivity index (χ1n) is 10.9. The predicted octanol–water partition coefficient (Wildman–Crippen LogP) is 3.96.